The number of rotatable bonds is 5. The van der Waals surface area contributed by atoms with Crippen LogP contribution in [0.15, 0.2) is 41.4 Å². The van der Waals surface area contributed by atoms with E-state index in [1.54, 1.807) is 0 Å². The van der Waals surface area contributed by atoms with Crippen molar-refractivity contribution in [3.63, 3.8) is 0 Å². The van der Waals surface area contributed by atoms with E-state index < -0.39 is 0 Å². The molecule has 1 atom stereocenters. The molecule has 3 nitrogen and oxygen atoms in total. The molecule has 0 radical (unpaired) electrons. The maximum Gasteiger partial charge on any atom is 0.230 e. The summed E-state index contributed by atoms with van der Waals surface area (Å²) in [5.74, 6) is 1.23. The topological polar surface area (TPSA) is 42.0 Å². The Hall–Kier alpha value is -1.55. The molecule has 1 N–H and O–H groups in total. The normalized spacial score (nSPS) is 16.1. The molecule has 1 aromatic heterocycles. The van der Waals surface area contributed by atoms with Gasteiger partial charge in [-0.15, -0.1) is 0 Å². The molecule has 1 aliphatic rings. The van der Waals surface area contributed by atoms with Crippen LogP contribution >= 0.6 is 11.8 Å². The van der Waals surface area contributed by atoms with E-state index >= 15 is 0 Å². The van der Waals surface area contributed by atoms with Crippen molar-refractivity contribution >= 4 is 28.6 Å². The third-order valence-corrected chi connectivity index (χ3v) is 4.57. The maximum atomic E-state index is 11.9. The summed E-state index contributed by atoms with van der Waals surface area (Å²) in [5, 5.41) is 5.09. The number of amides is 1. The summed E-state index contributed by atoms with van der Waals surface area (Å²) in [4.78, 5) is 16.4. The van der Waals surface area contributed by atoms with Crippen LogP contribution in [-0.2, 0) is 4.79 Å². The van der Waals surface area contributed by atoms with E-state index in [9.17, 15) is 4.79 Å². The Labute approximate surface area is 123 Å². The van der Waals surface area contributed by atoms with Gasteiger partial charge >= 0.3 is 0 Å². The second-order valence-corrected chi connectivity index (χ2v) is 6.32. The van der Waals surface area contributed by atoms with Gasteiger partial charge in [0.1, 0.15) is 0 Å². The van der Waals surface area contributed by atoms with Crippen molar-refractivity contribution in [1.82, 2.24) is 10.3 Å². The molecule has 2 aromatic rings. The predicted octanol–water partition coefficient (Wildman–Crippen LogP) is 3.24. The lowest BCUT2D eigenvalue weighted by Gasteiger charge is -2.12. The van der Waals surface area contributed by atoms with Crippen LogP contribution in [0.4, 0.5) is 0 Å². The number of nitrogens with one attached hydrogen (secondary N) is 1. The second-order valence-electron chi connectivity index (χ2n) is 5.32. The van der Waals surface area contributed by atoms with E-state index in [0.29, 0.717) is 17.7 Å². The van der Waals surface area contributed by atoms with Crippen molar-refractivity contribution < 1.29 is 4.79 Å². The third-order valence-electron chi connectivity index (χ3n) is 3.64. The summed E-state index contributed by atoms with van der Waals surface area (Å²) in [6, 6.07) is 12.4. The van der Waals surface area contributed by atoms with E-state index in [1.807, 2.05) is 30.3 Å². The molecular weight excluding hydrogens is 268 g/mol. The van der Waals surface area contributed by atoms with Gasteiger partial charge in [-0.2, -0.15) is 0 Å². The Kier molecular flexibility index (Phi) is 3.92. The van der Waals surface area contributed by atoms with E-state index in [2.05, 4.69) is 23.3 Å². The number of hydrogen-bond donors (Lipinski definition) is 1. The van der Waals surface area contributed by atoms with Crippen LogP contribution in [-0.4, -0.2) is 22.7 Å². The van der Waals surface area contributed by atoms with Gasteiger partial charge in [0.15, 0.2) is 0 Å². The number of thioether (sulfide) groups is 1. The molecule has 1 aromatic carbocycles. The summed E-state index contributed by atoms with van der Waals surface area (Å²) in [5.41, 5.74) is 0.976. The predicted molar refractivity (Wildman–Crippen MR) is 82.8 cm³/mol. The number of carbonyl (C=O) groups is 1. The molecule has 1 aliphatic carbocycles. The second kappa shape index (κ2) is 5.83. The first-order valence-corrected chi connectivity index (χ1v) is 7.99. The fourth-order valence-electron chi connectivity index (χ4n) is 2.28. The van der Waals surface area contributed by atoms with Gasteiger partial charge in [-0.25, -0.2) is 4.98 Å². The number of para-hydroxylation sites is 1. The third kappa shape index (κ3) is 3.31. The van der Waals surface area contributed by atoms with Gasteiger partial charge in [0, 0.05) is 11.4 Å². The zero-order valence-corrected chi connectivity index (χ0v) is 12.3. The average molecular weight is 286 g/mol. The number of carbonyl (C=O) groups excluding carboxylic acids is 1. The Morgan fingerprint density at radius 1 is 1.35 bits per heavy atom. The molecule has 0 saturated heterocycles. The van der Waals surface area contributed by atoms with E-state index in [4.69, 9.17) is 0 Å². The molecule has 4 heteroatoms. The summed E-state index contributed by atoms with van der Waals surface area (Å²) in [6.45, 7) is 2.09. The molecule has 104 valence electrons. The minimum Gasteiger partial charge on any atom is -0.353 e. The molecule has 1 amide bonds. The molecule has 3 rings (SSSR count). The fraction of sp³-hybridized carbons (Fsp3) is 0.375. The summed E-state index contributed by atoms with van der Waals surface area (Å²) in [7, 11) is 0. The van der Waals surface area contributed by atoms with Crippen molar-refractivity contribution in [2.75, 3.05) is 5.75 Å². The fourth-order valence-corrected chi connectivity index (χ4v) is 2.97. The Balaban J connectivity index is 1.57. The number of aromatic nitrogens is 1. The lowest BCUT2D eigenvalue weighted by molar-refractivity contribution is -0.119. The molecule has 0 aliphatic heterocycles. The molecule has 0 spiro atoms. The zero-order chi connectivity index (χ0) is 13.9. The van der Waals surface area contributed by atoms with Gasteiger partial charge in [0.2, 0.25) is 5.91 Å². The highest BCUT2D eigenvalue weighted by atomic mass is 32.2. The van der Waals surface area contributed by atoms with Crippen molar-refractivity contribution in [1.29, 1.82) is 0 Å². The minimum atomic E-state index is 0.101. The maximum absolute atomic E-state index is 11.9. The Morgan fingerprint density at radius 3 is 2.95 bits per heavy atom. The first kappa shape index (κ1) is 13.4. The quantitative estimate of drug-likeness (QED) is 0.858. The Bertz CT molecular complexity index is 625. The van der Waals surface area contributed by atoms with Gasteiger partial charge in [-0.05, 0) is 37.8 Å². The highest BCUT2D eigenvalue weighted by molar-refractivity contribution is 7.99. The highest BCUT2D eigenvalue weighted by Gasteiger charge is 2.28. The number of benzene rings is 1. The van der Waals surface area contributed by atoms with Crippen LogP contribution in [0.3, 0.4) is 0 Å². The molecule has 0 bridgehead atoms. The standard InChI is InChI=1S/C16H18N2OS/c1-11(12-6-7-12)17-15(19)10-20-16-9-8-13-4-2-3-5-14(13)18-16/h2-5,8-9,11-12H,6-7,10H2,1H3,(H,17,19). The monoisotopic (exact) mass is 286 g/mol. The summed E-state index contributed by atoms with van der Waals surface area (Å²) < 4.78 is 0. The van der Waals surface area contributed by atoms with Crippen LogP contribution in [0.2, 0.25) is 0 Å². The summed E-state index contributed by atoms with van der Waals surface area (Å²) >= 11 is 1.49. The molecule has 1 unspecified atom stereocenters. The minimum absolute atomic E-state index is 0.101. The first-order chi connectivity index (χ1) is 9.72. The van der Waals surface area contributed by atoms with E-state index in [1.165, 1.54) is 24.6 Å². The van der Waals surface area contributed by atoms with Crippen molar-refractivity contribution in [3.05, 3.63) is 36.4 Å². The van der Waals surface area contributed by atoms with Gasteiger partial charge < -0.3 is 5.32 Å². The number of fused-ring (bicyclic) bond motifs is 1. The molecule has 20 heavy (non-hydrogen) atoms. The highest BCUT2D eigenvalue weighted by Crippen LogP contribution is 2.32. The number of hydrogen-bond acceptors (Lipinski definition) is 3. The number of pyridine rings is 1. The van der Waals surface area contributed by atoms with Crippen LogP contribution in [0.25, 0.3) is 10.9 Å². The van der Waals surface area contributed by atoms with Gasteiger partial charge in [0.25, 0.3) is 0 Å². The van der Waals surface area contributed by atoms with E-state index in [0.717, 1.165) is 15.9 Å². The van der Waals surface area contributed by atoms with Crippen molar-refractivity contribution in [2.45, 2.75) is 30.8 Å². The van der Waals surface area contributed by atoms with Crippen molar-refractivity contribution in [2.24, 2.45) is 5.92 Å². The molecule has 1 saturated carbocycles. The number of nitrogens with zero attached hydrogens (tertiary/aromatic N) is 1. The lowest BCUT2D eigenvalue weighted by atomic mass is 10.2. The van der Waals surface area contributed by atoms with Gasteiger partial charge in [0.05, 0.1) is 16.3 Å². The van der Waals surface area contributed by atoms with Crippen LogP contribution in [0, 0.1) is 5.92 Å². The molecular formula is C16H18N2OS. The smallest absolute Gasteiger partial charge is 0.230 e. The van der Waals surface area contributed by atoms with E-state index in [-0.39, 0.29) is 5.91 Å². The molecule has 1 heterocycles. The van der Waals surface area contributed by atoms with Crippen LogP contribution in [0.1, 0.15) is 19.8 Å². The van der Waals surface area contributed by atoms with Crippen LogP contribution < -0.4 is 5.32 Å². The first-order valence-electron chi connectivity index (χ1n) is 7.00. The van der Waals surface area contributed by atoms with Gasteiger partial charge in [-0.1, -0.05) is 36.0 Å². The average Bonchev–Trinajstić information content (AvgIpc) is 3.29. The summed E-state index contributed by atoms with van der Waals surface area (Å²) in [6.07, 6.45) is 2.50. The van der Waals surface area contributed by atoms with Gasteiger partial charge in [-0.3, -0.25) is 4.79 Å². The SMILES string of the molecule is CC(NC(=O)CSc1ccc2ccccc2n1)C1CC1. The molecule has 1 fully saturated rings. The Morgan fingerprint density at radius 2 is 2.15 bits per heavy atom. The lowest BCUT2D eigenvalue weighted by Crippen LogP contribution is -2.35. The largest absolute Gasteiger partial charge is 0.353 e. The van der Waals surface area contributed by atoms with Crippen molar-refractivity contribution in [3.8, 4) is 0 Å². The zero-order valence-electron chi connectivity index (χ0n) is 11.5. The van der Waals surface area contributed by atoms with Crippen LogP contribution in [0.5, 0.6) is 0 Å².